The zero-order valence-electron chi connectivity index (χ0n) is 14.3. The molecule has 122 valence electrons. The maximum absolute atomic E-state index is 12.9. The lowest BCUT2D eigenvalue weighted by molar-refractivity contribution is -0.199. The molecule has 1 saturated carbocycles. The summed E-state index contributed by atoms with van der Waals surface area (Å²) in [5, 5.41) is 9.75. The van der Waals surface area contributed by atoms with Crippen molar-refractivity contribution in [3.8, 4) is 0 Å². The molecule has 0 aromatic rings. The monoisotopic (exact) mass is 298 g/mol. The third kappa shape index (κ3) is 2.69. The van der Waals surface area contributed by atoms with E-state index in [-0.39, 0.29) is 12.1 Å². The highest BCUT2D eigenvalue weighted by atomic mass is 16.5. The average Bonchev–Trinajstić information content (AvgIpc) is 2.41. The lowest BCUT2D eigenvalue weighted by atomic mass is 9.47. The van der Waals surface area contributed by atoms with E-state index in [0.717, 1.165) is 25.7 Å². The molecular weight excluding hydrogens is 268 g/mol. The minimum absolute atomic E-state index is 0.134. The number of ether oxygens (including phenoxy) is 1. The Morgan fingerprint density at radius 2 is 1.62 bits per heavy atom. The van der Waals surface area contributed by atoms with E-state index in [1.54, 1.807) is 13.8 Å². The van der Waals surface area contributed by atoms with Crippen LogP contribution in [-0.2, 0) is 14.3 Å². The first-order valence-corrected chi connectivity index (χ1v) is 8.01. The van der Waals surface area contributed by atoms with Crippen molar-refractivity contribution < 1.29 is 19.4 Å². The summed E-state index contributed by atoms with van der Waals surface area (Å²) in [5.41, 5.74) is -2.51. The lowest BCUT2D eigenvalue weighted by Gasteiger charge is -2.55. The first-order chi connectivity index (χ1) is 9.56. The predicted molar refractivity (Wildman–Crippen MR) is 81.9 cm³/mol. The topological polar surface area (TPSA) is 63.6 Å². The molecule has 1 fully saturated rings. The second-order valence-corrected chi connectivity index (χ2v) is 7.34. The normalized spacial score (nSPS) is 32.0. The van der Waals surface area contributed by atoms with Gasteiger partial charge in [0.2, 0.25) is 0 Å². The summed E-state index contributed by atoms with van der Waals surface area (Å²) in [6.07, 6.45) is 3.55. The van der Waals surface area contributed by atoms with E-state index >= 15 is 0 Å². The Kier molecular flexibility index (Phi) is 5.12. The molecule has 0 saturated heterocycles. The highest BCUT2D eigenvalue weighted by Gasteiger charge is 2.65. The van der Waals surface area contributed by atoms with E-state index in [0.29, 0.717) is 6.42 Å². The fraction of sp³-hybridized carbons (Fsp3) is 0.882. The Bertz CT molecular complexity index is 411. The molecule has 0 aromatic carbocycles. The summed E-state index contributed by atoms with van der Waals surface area (Å²) in [7, 11) is 0. The van der Waals surface area contributed by atoms with Gasteiger partial charge in [0, 0.05) is 0 Å². The maximum atomic E-state index is 12.9. The van der Waals surface area contributed by atoms with Crippen LogP contribution in [0.2, 0.25) is 0 Å². The third-order valence-electron chi connectivity index (χ3n) is 6.00. The number of carboxylic acid groups (broad SMARTS) is 1. The molecule has 4 nitrogen and oxygen atoms in total. The minimum Gasteiger partial charge on any atom is -0.481 e. The van der Waals surface area contributed by atoms with E-state index in [9.17, 15) is 14.7 Å². The second-order valence-electron chi connectivity index (χ2n) is 7.34. The first kappa shape index (κ1) is 18.0. The third-order valence-corrected chi connectivity index (χ3v) is 6.00. The molecule has 1 rings (SSSR count). The molecule has 1 aliphatic rings. The molecule has 2 unspecified atom stereocenters. The van der Waals surface area contributed by atoms with Crippen LogP contribution in [0.25, 0.3) is 0 Å². The highest BCUT2D eigenvalue weighted by molar-refractivity contribution is 5.88. The van der Waals surface area contributed by atoms with Crippen molar-refractivity contribution in [1.29, 1.82) is 0 Å². The number of hydrogen-bond acceptors (Lipinski definition) is 3. The van der Waals surface area contributed by atoms with Crippen molar-refractivity contribution in [2.45, 2.75) is 79.8 Å². The van der Waals surface area contributed by atoms with Gasteiger partial charge >= 0.3 is 11.9 Å². The Hall–Kier alpha value is -1.06. The van der Waals surface area contributed by atoms with Crippen LogP contribution in [0.3, 0.4) is 0 Å². The minimum atomic E-state index is -1.09. The van der Waals surface area contributed by atoms with Gasteiger partial charge in [0.1, 0.15) is 6.10 Å². The van der Waals surface area contributed by atoms with Gasteiger partial charge in [-0.3, -0.25) is 9.59 Å². The number of carbonyl (C=O) groups is 2. The van der Waals surface area contributed by atoms with Crippen LogP contribution in [0.5, 0.6) is 0 Å². The summed E-state index contributed by atoms with van der Waals surface area (Å²) in [6, 6.07) is 0. The van der Waals surface area contributed by atoms with Gasteiger partial charge < -0.3 is 9.84 Å². The van der Waals surface area contributed by atoms with Gasteiger partial charge in [0.25, 0.3) is 0 Å². The molecule has 0 radical (unpaired) electrons. The summed E-state index contributed by atoms with van der Waals surface area (Å²) in [6.45, 7) is 11.4. The number of rotatable bonds is 5. The zero-order chi connectivity index (χ0) is 16.5. The van der Waals surface area contributed by atoms with Gasteiger partial charge in [0.15, 0.2) is 0 Å². The van der Waals surface area contributed by atoms with Crippen LogP contribution in [0.4, 0.5) is 0 Å². The van der Waals surface area contributed by atoms with Crippen LogP contribution in [-0.4, -0.2) is 23.1 Å². The number of carbonyl (C=O) groups excluding carboxylic acids is 1. The molecule has 2 atom stereocenters. The van der Waals surface area contributed by atoms with Gasteiger partial charge in [-0.2, -0.15) is 0 Å². The average molecular weight is 298 g/mol. The van der Waals surface area contributed by atoms with E-state index in [1.165, 1.54) is 0 Å². The molecule has 0 heterocycles. The Balaban J connectivity index is 3.26. The number of aliphatic carboxylic acids is 1. The Morgan fingerprint density at radius 1 is 1.10 bits per heavy atom. The van der Waals surface area contributed by atoms with Gasteiger partial charge in [-0.1, -0.05) is 34.1 Å². The molecule has 4 heteroatoms. The molecule has 0 aromatic heterocycles. The second kappa shape index (κ2) is 5.98. The van der Waals surface area contributed by atoms with Crippen molar-refractivity contribution >= 4 is 11.9 Å². The van der Waals surface area contributed by atoms with Gasteiger partial charge in [0.05, 0.1) is 10.8 Å². The highest BCUT2D eigenvalue weighted by Crippen LogP contribution is 2.60. The van der Waals surface area contributed by atoms with Crippen molar-refractivity contribution in [1.82, 2.24) is 0 Å². The predicted octanol–water partition coefficient (Wildman–Crippen LogP) is 4.03. The van der Waals surface area contributed by atoms with Crippen LogP contribution >= 0.6 is 0 Å². The van der Waals surface area contributed by atoms with Crippen LogP contribution < -0.4 is 0 Å². The number of hydrogen-bond donors (Lipinski definition) is 1. The van der Waals surface area contributed by atoms with E-state index in [2.05, 4.69) is 0 Å². The van der Waals surface area contributed by atoms with Gasteiger partial charge in [-0.15, -0.1) is 0 Å². The van der Waals surface area contributed by atoms with E-state index in [4.69, 9.17) is 4.74 Å². The summed E-state index contributed by atoms with van der Waals surface area (Å²) in [4.78, 5) is 24.8. The van der Waals surface area contributed by atoms with Crippen LogP contribution in [0.15, 0.2) is 0 Å². The first-order valence-electron chi connectivity index (χ1n) is 8.01. The molecule has 1 aliphatic carbocycles. The molecule has 0 aliphatic heterocycles. The van der Waals surface area contributed by atoms with Gasteiger partial charge in [-0.25, -0.2) is 0 Å². The maximum Gasteiger partial charge on any atom is 0.313 e. The van der Waals surface area contributed by atoms with E-state index < -0.39 is 22.2 Å². The lowest BCUT2D eigenvalue weighted by Crippen LogP contribution is -2.60. The fourth-order valence-electron chi connectivity index (χ4n) is 3.68. The molecule has 21 heavy (non-hydrogen) atoms. The van der Waals surface area contributed by atoms with Gasteiger partial charge in [-0.05, 0) is 44.9 Å². The number of carboxylic acids is 1. The van der Waals surface area contributed by atoms with Crippen LogP contribution in [0, 0.1) is 16.2 Å². The Labute approximate surface area is 128 Å². The summed E-state index contributed by atoms with van der Waals surface area (Å²) >= 11 is 0. The standard InChI is InChI=1S/C17H30O4/c1-7-12(8-2)21-14(20)17(6)15(3,4)10-9-11-16(17,5)13(18)19/h12H,7-11H2,1-6H3,(H,18,19). The van der Waals surface area contributed by atoms with Crippen LogP contribution in [0.1, 0.15) is 73.6 Å². The SMILES string of the molecule is CCC(CC)OC(=O)C1(C)C(C)(C)CCCC1(C)C(=O)O. The molecule has 0 spiro atoms. The number of esters is 1. The smallest absolute Gasteiger partial charge is 0.313 e. The van der Waals surface area contributed by atoms with Crippen molar-refractivity contribution in [2.75, 3.05) is 0 Å². The summed E-state index contributed by atoms with van der Waals surface area (Å²) in [5.74, 6) is -1.26. The molecule has 0 amide bonds. The fourth-order valence-corrected chi connectivity index (χ4v) is 3.68. The molecule has 1 N–H and O–H groups in total. The largest absolute Gasteiger partial charge is 0.481 e. The molecule has 0 bridgehead atoms. The van der Waals surface area contributed by atoms with Crippen molar-refractivity contribution in [2.24, 2.45) is 16.2 Å². The Morgan fingerprint density at radius 3 is 2.05 bits per heavy atom. The van der Waals surface area contributed by atoms with E-state index in [1.807, 2.05) is 27.7 Å². The molecular formula is C17H30O4. The zero-order valence-corrected chi connectivity index (χ0v) is 14.3. The summed E-state index contributed by atoms with van der Waals surface area (Å²) < 4.78 is 5.67. The van der Waals surface area contributed by atoms with Crippen molar-refractivity contribution in [3.63, 3.8) is 0 Å². The quantitative estimate of drug-likeness (QED) is 0.778. The van der Waals surface area contributed by atoms with Crippen molar-refractivity contribution in [3.05, 3.63) is 0 Å².